The molecule has 76 valence electrons. The Morgan fingerprint density at radius 1 is 1.54 bits per heavy atom. The van der Waals surface area contributed by atoms with Crippen LogP contribution in [0.1, 0.15) is 13.3 Å². The van der Waals surface area contributed by atoms with Crippen LogP contribution in [0.4, 0.5) is 8.78 Å². The van der Waals surface area contributed by atoms with Crippen molar-refractivity contribution in [2.45, 2.75) is 19.3 Å². The maximum absolute atomic E-state index is 13.1. The number of nitrogens with zero attached hydrogens (tertiary/aromatic N) is 1. The third kappa shape index (κ3) is 3.40. The van der Waals surface area contributed by atoms with Crippen LogP contribution in [0.3, 0.4) is 0 Å². The van der Waals surface area contributed by atoms with Crippen molar-refractivity contribution in [2.24, 2.45) is 0 Å². The number of carboxylic acids is 1. The first-order valence-electron chi connectivity index (χ1n) is 3.81. The molecule has 1 N–H and O–H groups in total. The van der Waals surface area contributed by atoms with Crippen LogP contribution in [0.15, 0.2) is 11.8 Å². The lowest BCUT2D eigenvalue weighted by Gasteiger charge is -2.24. The summed E-state index contributed by atoms with van der Waals surface area (Å²) >= 11 is 0. The topological polar surface area (TPSA) is 40.5 Å². The van der Waals surface area contributed by atoms with Gasteiger partial charge in [0.15, 0.2) is 0 Å². The number of halogens is 2. The molecule has 0 fully saturated rings. The SMILES string of the molecule is CCC(F)(F)C(=CC(=O)O)N(C)C. The lowest BCUT2D eigenvalue weighted by atomic mass is 10.1. The highest BCUT2D eigenvalue weighted by Crippen LogP contribution is 2.28. The van der Waals surface area contributed by atoms with E-state index in [2.05, 4.69) is 0 Å². The first-order chi connectivity index (χ1) is 5.81. The third-order valence-electron chi connectivity index (χ3n) is 1.56. The predicted molar refractivity (Wildman–Crippen MR) is 44.6 cm³/mol. The Morgan fingerprint density at radius 3 is 2.23 bits per heavy atom. The second-order valence-electron chi connectivity index (χ2n) is 2.82. The number of alkyl halides is 2. The van der Waals surface area contributed by atoms with Gasteiger partial charge in [0.1, 0.15) is 0 Å². The first-order valence-corrected chi connectivity index (χ1v) is 3.81. The minimum absolute atomic E-state index is 0.412. The molecule has 0 aromatic rings. The highest BCUT2D eigenvalue weighted by molar-refractivity contribution is 5.80. The molecule has 0 aliphatic rings. The van der Waals surface area contributed by atoms with Gasteiger partial charge in [-0.2, -0.15) is 8.78 Å². The van der Waals surface area contributed by atoms with Crippen molar-refractivity contribution < 1.29 is 18.7 Å². The molecule has 0 spiro atoms. The van der Waals surface area contributed by atoms with Crippen LogP contribution >= 0.6 is 0 Å². The van der Waals surface area contributed by atoms with E-state index in [0.717, 1.165) is 4.90 Å². The van der Waals surface area contributed by atoms with Crippen molar-refractivity contribution in [2.75, 3.05) is 14.1 Å². The van der Waals surface area contributed by atoms with Crippen molar-refractivity contribution in [1.82, 2.24) is 4.90 Å². The van der Waals surface area contributed by atoms with Crippen LogP contribution in [-0.2, 0) is 4.79 Å². The molecule has 0 aliphatic heterocycles. The summed E-state index contributed by atoms with van der Waals surface area (Å²) in [5.74, 6) is -4.45. The quantitative estimate of drug-likeness (QED) is 0.689. The minimum Gasteiger partial charge on any atom is -0.478 e. The monoisotopic (exact) mass is 193 g/mol. The zero-order valence-electron chi connectivity index (χ0n) is 7.84. The minimum atomic E-state index is -3.08. The maximum atomic E-state index is 13.1. The third-order valence-corrected chi connectivity index (χ3v) is 1.56. The van der Waals surface area contributed by atoms with Gasteiger partial charge < -0.3 is 10.0 Å². The number of rotatable bonds is 4. The Labute approximate surface area is 75.7 Å². The van der Waals surface area contributed by atoms with Crippen molar-refractivity contribution in [3.8, 4) is 0 Å². The van der Waals surface area contributed by atoms with E-state index >= 15 is 0 Å². The molecule has 0 saturated heterocycles. The van der Waals surface area contributed by atoms with Gasteiger partial charge >= 0.3 is 5.97 Å². The number of carbonyl (C=O) groups is 1. The molecule has 0 bridgehead atoms. The first kappa shape index (κ1) is 11.9. The molecule has 0 radical (unpaired) electrons. The molecule has 3 nitrogen and oxygen atoms in total. The molecule has 0 saturated carbocycles. The average molecular weight is 193 g/mol. The molecular weight excluding hydrogens is 180 g/mol. The van der Waals surface area contributed by atoms with E-state index in [9.17, 15) is 13.6 Å². The van der Waals surface area contributed by atoms with E-state index in [0.29, 0.717) is 6.08 Å². The van der Waals surface area contributed by atoms with Crippen LogP contribution in [0.25, 0.3) is 0 Å². The predicted octanol–water partition coefficient (Wildman–Crippen LogP) is 1.56. The summed E-state index contributed by atoms with van der Waals surface area (Å²) in [6.45, 7) is 1.30. The number of aliphatic carboxylic acids is 1. The fourth-order valence-corrected chi connectivity index (χ4v) is 0.860. The largest absolute Gasteiger partial charge is 0.478 e. The van der Waals surface area contributed by atoms with Crippen LogP contribution in [0.2, 0.25) is 0 Å². The highest BCUT2D eigenvalue weighted by Gasteiger charge is 2.33. The Bertz CT molecular complexity index is 224. The standard InChI is InChI=1S/C8H13F2NO2/c1-4-8(9,10)6(11(2)3)5-7(12)13/h5H,4H2,1-3H3,(H,12,13). The van der Waals surface area contributed by atoms with E-state index in [1.54, 1.807) is 0 Å². The van der Waals surface area contributed by atoms with Gasteiger partial charge in [-0.05, 0) is 0 Å². The Hall–Kier alpha value is -1.13. The summed E-state index contributed by atoms with van der Waals surface area (Å²) in [4.78, 5) is 11.3. The summed E-state index contributed by atoms with van der Waals surface area (Å²) in [7, 11) is 2.77. The second kappa shape index (κ2) is 4.20. The Kier molecular flexibility index (Phi) is 3.84. The smallest absolute Gasteiger partial charge is 0.330 e. The summed E-state index contributed by atoms with van der Waals surface area (Å²) in [6.07, 6.45) is 0.119. The lowest BCUT2D eigenvalue weighted by molar-refractivity contribution is -0.131. The Morgan fingerprint density at radius 2 is 2.00 bits per heavy atom. The van der Waals surface area contributed by atoms with E-state index in [1.807, 2.05) is 0 Å². The molecule has 0 rings (SSSR count). The number of carboxylic acid groups (broad SMARTS) is 1. The van der Waals surface area contributed by atoms with Crippen LogP contribution in [0, 0.1) is 0 Å². The van der Waals surface area contributed by atoms with Crippen LogP contribution in [0.5, 0.6) is 0 Å². The maximum Gasteiger partial charge on any atom is 0.330 e. The van der Waals surface area contributed by atoms with Gasteiger partial charge in [0.05, 0.1) is 5.70 Å². The molecule has 13 heavy (non-hydrogen) atoms. The highest BCUT2D eigenvalue weighted by atomic mass is 19.3. The zero-order valence-corrected chi connectivity index (χ0v) is 7.84. The van der Waals surface area contributed by atoms with E-state index in [4.69, 9.17) is 5.11 Å². The van der Waals surface area contributed by atoms with Gasteiger partial charge in [-0.1, -0.05) is 6.92 Å². The van der Waals surface area contributed by atoms with Gasteiger partial charge in [-0.25, -0.2) is 4.79 Å². The van der Waals surface area contributed by atoms with Crippen molar-refractivity contribution in [3.63, 3.8) is 0 Å². The van der Waals surface area contributed by atoms with E-state index in [1.165, 1.54) is 21.0 Å². The Balaban J connectivity index is 4.92. The lowest BCUT2D eigenvalue weighted by Crippen LogP contribution is -2.29. The molecule has 0 aromatic carbocycles. The molecule has 0 heterocycles. The zero-order chi connectivity index (χ0) is 10.6. The second-order valence-corrected chi connectivity index (χ2v) is 2.82. The molecule has 0 unspecified atom stereocenters. The van der Waals surface area contributed by atoms with Crippen LogP contribution in [-0.4, -0.2) is 36.0 Å². The number of hydrogen-bond acceptors (Lipinski definition) is 2. The number of allylic oxidation sites excluding steroid dienone is 1. The molecular formula is C8H13F2NO2. The normalized spacial score (nSPS) is 12.8. The van der Waals surface area contributed by atoms with Crippen molar-refractivity contribution >= 4 is 5.97 Å². The summed E-state index contributed by atoms with van der Waals surface area (Å²) in [5.41, 5.74) is -0.484. The van der Waals surface area contributed by atoms with Gasteiger partial charge in [0.2, 0.25) is 0 Å². The van der Waals surface area contributed by atoms with Crippen molar-refractivity contribution in [1.29, 1.82) is 0 Å². The molecule has 5 heteroatoms. The van der Waals surface area contributed by atoms with Gasteiger partial charge in [0.25, 0.3) is 5.92 Å². The fraction of sp³-hybridized carbons (Fsp3) is 0.625. The summed E-state index contributed by atoms with van der Waals surface area (Å²) < 4.78 is 26.1. The molecule has 0 aromatic heterocycles. The van der Waals surface area contributed by atoms with E-state index < -0.39 is 24.0 Å². The van der Waals surface area contributed by atoms with Crippen molar-refractivity contribution in [3.05, 3.63) is 11.8 Å². The molecule has 0 atom stereocenters. The number of hydrogen-bond donors (Lipinski definition) is 1. The van der Waals surface area contributed by atoms with Gasteiger partial charge in [0, 0.05) is 26.6 Å². The van der Waals surface area contributed by atoms with Crippen LogP contribution < -0.4 is 0 Å². The fourth-order valence-electron chi connectivity index (χ4n) is 0.860. The molecule has 0 aliphatic carbocycles. The molecule has 0 amide bonds. The van der Waals surface area contributed by atoms with Gasteiger partial charge in [-0.15, -0.1) is 0 Å². The average Bonchev–Trinajstić information content (AvgIpc) is 1.99. The summed E-state index contributed by atoms with van der Waals surface area (Å²) in [6, 6.07) is 0. The van der Waals surface area contributed by atoms with E-state index in [-0.39, 0.29) is 0 Å². The van der Waals surface area contributed by atoms with Gasteiger partial charge in [-0.3, -0.25) is 0 Å². The summed E-state index contributed by atoms with van der Waals surface area (Å²) in [5, 5.41) is 8.36.